The normalized spacial score (nSPS) is 40.0. The van der Waals surface area contributed by atoms with E-state index in [-0.39, 0.29) is 0 Å². The first-order chi connectivity index (χ1) is 7.25. The molecule has 0 aromatic rings. The Balaban J connectivity index is 1.85. The molecule has 1 aliphatic heterocycles. The summed E-state index contributed by atoms with van der Waals surface area (Å²) in [6.45, 7) is 9.76. The van der Waals surface area contributed by atoms with Crippen LogP contribution in [-0.2, 0) is 0 Å². The van der Waals surface area contributed by atoms with Crippen LogP contribution in [-0.4, -0.2) is 37.1 Å². The molecule has 2 nitrogen and oxygen atoms in total. The van der Waals surface area contributed by atoms with Gasteiger partial charge < -0.3 is 5.32 Å². The smallest absolute Gasteiger partial charge is 0.0110 e. The molecule has 2 rings (SSSR count). The predicted octanol–water partition coefficient (Wildman–Crippen LogP) is 2.11. The number of nitrogens with one attached hydrogen (secondary N) is 1. The minimum atomic E-state index is 0.826. The monoisotopic (exact) mass is 210 g/mol. The molecule has 1 N–H and O–H groups in total. The van der Waals surface area contributed by atoms with Crippen LogP contribution in [0.4, 0.5) is 0 Å². The molecule has 2 fully saturated rings. The van der Waals surface area contributed by atoms with Gasteiger partial charge in [0.2, 0.25) is 0 Å². The van der Waals surface area contributed by atoms with Gasteiger partial charge in [-0.1, -0.05) is 13.8 Å². The van der Waals surface area contributed by atoms with Crippen molar-refractivity contribution in [3.63, 3.8) is 0 Å². The van der Waals surface area contributed by atoms with E-state index in [2.05, 4.69) is 24.1 Å². The van der Waals surface area contributed by atoms with E-state index in [4.69, 9.17) is 0 Å². The molecule has 1 heterocycles. The van der Waals surface area contributed by atoms with Crippen molar-refractivity contribution in [2.24, 2.45) is 11.8 Å². The molecule has 0 aromatic carbocycles. The van der Waals surface area contributed by atoms with E-state index in [1.165, 1.54) is 51.9 Å². The fraction of sp³-hybridized carbons (Fsp3) is 1.00. The van der Waals surface area contributed by atoms with Crippen LogP contribution in [0.3, 0.4) is 0 Å². The first-order valence-electron chi connectivity index (χ1n) is 6.70. The molecule has 1 unspecified atom stereocenters. The highest BCUT2D eigenvalue weighted by Gasteiger charge is 2.25. The molecule has 15 heavy (non-hydrogen) atoms. The van der Waals surface area contributed by atoms with Crippen molar-refractivity contribution in [3.8, 4) is 0 Å². The van der Waals surface area contributed by atoms with Gasteiger partial charge in [-0.05, 0) is 44.1 Å². The zero-order valence-electron chi connectivity index (χ0n) is 10.3. The zero-order valence-corrected chi connectivity index (χ0v) is 10.3. The molecule has 1 saturated heterocycles. The molecule has 0 spiro atoms. The van der Waals surface area contributed by atoms with Gasteiger partial charge >= 0.3 is 0 Å². The molecular weight excluding hydrogens is 184 g/mol. The first kappa shape index (κ1) is 11.4. The van der Waals surface area contributed by atoms with Crippen molar-refractivity contribution in [2.75, 3.05) is 26.2 Å². The summed E-state index contributed by atoms with van der Waals surface area (Å²) in [5, 5.41) is 3.53. The van der Waals surface area contributed by atoms with Crippen LogP contribution in [0.2, 0.25) is 0 Å². The maximum atomic E-state index is 3.53. The molecule has 1 atom stereocenters. The largest absolute Gasteiger partial charge is 0.315 e. The standard InChI is InChI=1S/C13H26N2/c1-11-3-5-13(6-4-11)15-8-7-14-9-12(2)10-15/h11-14H,3-10H2,1-2H3. The van der Waals surface area contributed by atoms with Gasteiger partial charge in [0, 0.05) is 25.7 Å². The third kappa shape index (κ3) is 3.18. The van der Waals surface area contributed by atoms with Gasteiger partial charge in [0.25, 0.3) is 0 Å². The Morgan fingerprint density at radius 1 is 1.00 bits per heavy atom. The highest BCUT2D eigenvalue weighted by Crippen LogP contribution is 2.27. The molecule has 1 aliphatic carbocycles. The van der Waals surface area contributed by atoms with Crippen LogP contribution >= 0.6 is 0 Å². The number of hydrogen-bond donors (Lipinski definition) is 1. The molecule has 1 saturated carbocycles. The van der Waals surface area contributed by atoms with Crippen molar-refractivity contribution >= 4 is 0 Å². The van der Waals surface area contributed by atoms with E-state index in [9.17, 15) is 0 Å². The third-order valence-corrected chi connectivity index (χ3v) is 4.12. The second-order valence-corrected chi connectivity index (χ2v) is 5.72. The van der Waals surface area contributed by atoms with Gasteiger partial charge in [0.15, 0.2) is 0 Å². The van der Waals surface area contributed by atoms with E-state index in [0.29, 0.717) is 0 Å². The lowest BCUT2D eigenvalue weighted by atomic mass is 9.86. The zero-order chi connectivity index (χ0) is 10.7. The van der Waals surface area contributed by atoms with E-state index in [0.717, 1.165) is 17.9 Å². The third-order valence-electron chi connectivity index (χ3n) is 4.12. The Morgan fingerprint density at radius 3 is 2.47 bits per heavy atom. The van der Waals surface area contributed by atoms with Crippen LogP contribution < -0.4 is 5.32 Å². The van der Waals surface area contributed by atoms with Crippen molar-refractivity contribution in [2.45, 2.75) is 45.6 Å². The average Bonchev–Trinajstić information content (AvgIpc) is 2.44. The van der Waals surface area contributed by atoms with Crippen LogP contribution in [0.5, 0.6) is 0 Å². The molecule has 0 radical (unpaired) electrons. The van der Waals surface area contributed by atoms with Crippen LogP contribution in [0.1, 0.15) is 39.5 Å². The van der Waals surface area contributed by atoms with Gasteiger partial charge in [-0.25, -0.2) is 0 Å². The number of nitrogens with zero attached hydrogens (tertiary/aromatic N) is 1. The van der Waals surface area contributed by atoms with Gasteiger partial charge in [0.1, 0.15) is 0 Å². The maximum absolute atomic E-state index is 3.53. The van der Waals surface area contributed by atoms with E-state index < -0.39 is 0 Å². The molecule has 0 aromatic heterocycles. The van der Waals surface area contributed by atoms with Gasteiger partial charge in [-0.15, -0.1) is 0 Å². The molecule has 88 valence electrons. The van der Waals surface area contributed by atoms with Crippen LogP contribution in [0, 0.1) is 11.8 Å². The second kappa shape index (κ2) is 5.31. The molecule has 0 bridgehead atoms. The lowest BCUT2D eigenvalue weighted by molar-refractivity contribution is 0.136. The quantitative estimate of drug-likeness (QED) is 0.713. The fourth-order valence-corrected chi connectivity index (χ4v) is 3.07. The lowest BCUT2D eigenvalue weighted by Crippen LogP contribution is -2.41. The van der Waals surface area contributed by atoms with Crippen molar-refractivity contribution in [3.05, 3.63) is 0 Å². The van der Waals surface area contributed by atoms with E-state index >= 15 is 0 Å². The minimum Gasteiger partial charge on any atom is -0.315 e. The summed E-state index contributed by atoms with van der Waals surface area (Å²) in [6.07, 6.45) is 5.77. The van der Waals surface area contributed by atoms with Crippen molar-refractivity contribution in [1.82, 2.24) is 10.2 Å². The Hall–Kier alpha value is -0.0800. The summed E-state index contributed by atoms with van der Waals surface area (Å²) < 4.78 is 0. The summed E-state index contributed by atoms with van der Waals surface area (Å²) in [5.74, 6) is 1.80. The Morgan fingerprint density at radius 2 is 1.73 bits per heavy atom. The Kier molecular flexibility index (Phi) is 4.04. The topological polar surface area (TPSA) is 15.3 Å². The summed E-state index contributed by atoms with van der Waals surface area (Å²) >= 11 is 0. The molecule has 2 aliphatic rings. The fourth-order valence-electron chi connectivity index (χ4n) is 3.07. The summed E-state index contributed by atoms with van der Waals surface area (Å²) in [5.41, 5.74) is 0. The lowest BCUT2D eigenvalue weighted by Gasteiger charge is -2.36. The number of hydrogen-bond acceptors (Lipinski definition) is 2. The van der Waals surface area contributed by atoms with Crippen LogP contribution in [0.15, 0.2) is 0 Å². The summed E-state index contributed by atoms with van der Waals surface area (Å²) in [7, 11) is 0. The highest BCUT2D eigenvalue weighted by molar-refractivity contribution is 4.81. The van der Waals surface area contributed by atoms with Crippen molar-refractivity contribution in [1.29, 1.82) is 0 Å². The van der Waals surface area contributed by atoms with Crippen LogP contribution in [0.25, 0.3) is 0 Å². The summed E-state index contributed by atoms with van der Waals surface area (Å²) in [6, 6.07) is 0.892. The molecule has 0 amide bonds. The molecular formula is C13H26N2. The minimum absolute atomic E-state index is 0.826. The predicted molar refractivity (Wildman–Crippen MR) is 65.0 cm³/mol. The summed E-state index contributed by atoms with van der Waals surface area (Å²) in [4.78, 5) is 2.75. The van der Waals surface area contributed by atoms with E-state index in [1.807, 2.05) is 0 Å². The second-order valence-electron chi connectivity index (χ2n) is 5.72. The Labute approximate surface area is 94.4 Å². The molecule has 2 heteroatoms. The first-order valence-corrected chi connectivity index (χ1v) is 6.70. The maximum Gasteiger partial charge on any atom is 0.0110 e. The van der Waals surface area contributed by atoms with Gasteiger partial charge in [-0.2, -0.15) is 0 Å². The van der Waals surface area contributed by atoms with E-state index in [1.54, 1.807) is 0 Å². The SMILES string of the molecule is CC1CCC(N2CCNCC(C)C2)CC1. The highest BCUT2D eigenvalue weighted by atomic mass is 15.2. The Bertz CT molecular complexity index is 185. The van der Waals surface area contributed by atoms with Gasteiger partial charge in [0.05, 0.1) is 0 Å². The number of rotatable bonds is 1. The van der Waals surface area contributed by atoms with Crippen molar-refractivity contribution < 1.29 is 0 Å². The average molecular weight is 210 g/mol. The van der Waals surface area contributed by atoms with Gasteiger partial charge in [-0.3, -0.25) is 4.90 Å².